The predicted molar refractivity (Wildman–Crippen MR) is 102 cm³/mol. The first-order chi connectivity index (χ1) is 13.8. The van der Waals surface area contributed by atoms with E-state index in [1.807, 2.05) is 0 Å². The lowest BCUT2D eigenvalue weighted by molar-refractivity contribution is -0.118. The highest BCUT2D eigenvalue weighted by Crippen LogP contribution is 2.26. The number of nitrogens with zero attached hydrogens (tertiary/aromatic N) is 4. The molecule has 12 heteroatoms. The van der Waals surface area contributed by atoms with Crippen LogP contribution < -0.4 is 16.4 Å². The number of amides is 1. The van der Waals surface area contributed by atoms with Gasteiger partial charge in [-0.15, -0.1) is 0 Å². The molecule has 0 bridgehead atoms. The van der Waals surface area contributed by atoms with E-state index in [1.165, 1.54) is 23.3 Å². The minimum Gasteiger partial charge on any atom is -0.394 e. The molecule has 5 N–H and O–H groups in total. The van der Waals surface area contributed by atoms with Crippen LogP contribution in [0.15, 0.2) is 36.8 Å². The van der Waals surface area contributed by atoms with Crippen LogP contribution in [0.5, 0.6) is 0 Å². The number of anilines is 3. The summed E-state index contributed by atoms with van der Waals surface area (Å²) < 4.78 is 28.3. The quantitative estimate of drug-likeness (QED) is 0.435. The normalized spacial score (nSPS) is 11.9. The Balaban J connectivity index is 1.79. The molecule has 1 aromatic carbocycles. The van der Waals surface area contributed by atoms with Crippen LogP contribution in [0.2, 0.25) is 5.02 Å². The SMILES string of the molecule is NC(=O)Cn1cc(Nc2ncc(Cl)c(N[C@H](CO)c3cc(F)cc(F)c3)n2)cn1. The van der Waals surface area contributed by atoms with Crippen molar-refractivity contribution in [2.45, 2.75) is 12.6 Å². The van der Waals surface area contributed by atoms with Crippen molar-refractivity contribution in [3.05, 3.63) is 59.0 Å². The summed E-state index contributed by atoms with van der Waals surface area (Å²) in [6.07, 6.45) is 4.29. The van der Waals surface area contributed by atoms with Gasteiger partial charge in [0.15, 0.2) is 5.82 Å². The summed E-state index contributed by atoms with van der Waals surface area (Å²) in [5.74, 6) is -1.82. The van der Waals surface area contributed by atoms with Crippen molar-refractivity contribution in [3.63, 3.8) is 0 Å². The Morgan fingerprint density at radius 1 is 1.28 bits per heavy atom. The average molecular weight is 424 g/mol. The molecule has 0 unspecified atom stereocenters. The number of hydrogen-bond donors (Lipinski definition) is 4. The lowest BCUT2D eigenvalue weighted by Crippen LogP contribution is -2.18. The predicted octanol–water partition coefficient (Wildman–Crippen LogP) is 1.98. The molecule has 1 atom stereocenters. The smallest absolute Gasteiger partial charge is 0.239 e. The van der Waals surface area contributed by atoms with Gasteiger partial charge in [-0.25, -0.2) is 13.8 Å². The molecular formula is C17H16ClF2N7O2. The lowest BCUT2D eigenvalue weighted by atomic mass is 10.1. The number of nitrogens with one attached hydrogen (secondary N) is 2. The maximum Gasteiger partial charge on any atom is 0.239 e. The van der Waals surface area contributed by atoms with E-state index < -0.39 is 30.2 Å². The Bertz CT molecular complexity index is 1010. The fourth-order valence-corrected chi connectivity index (χ4v) is 2.65. The minimum absolute atomic E-state index is 0.0850. The molecule has 0 radical (unpaired) electrons. The van der Waals surface area contributed by atoms with E-state index in [2.05, 4.69) is 25.7 Å². The fraction of sp³-hybridized carbons (Fsp3) is 0.176. The van der Waals surface area contributed by atoms with Gasteiger partial charge in [0, 0.05) is 12.3 Å². The van der Waals surface area contributed by atoms with E-state index in [0.717, 1.165) is 18.2 Å². The Morgan fingerprint density at radius 3 is 2.66 bits per heavy atom. The summed E-state index contributed by atoms with van der Waals surface area (Å²) >= 11 is 6.10. The highest BCUT2D eigenvalue weighted by atomic mass is 35.5. The van der Waals surface area contributed by atoms with Crippen LogP contribution in [0, 0.1) is 11.6 Å². The zero-order chi connectivity index (χ0) is 21.0. The largest absolute Gasteiger partial charge is 0.394 e. The van der Waals surface area contributed by atoms with Gasteiger partial charge in [0.25, 0.3) is 0 Å². The van der Waals surface area contributed by atoms with Gasteiger partial charge in [-0.1, -0.05) is 11.6 Å². The van der Waals surface area contributed by atoms with Crippen LogP contribution in [-0.2, 0) is 11.3 Å². The van der Waals surface area contributed by atoms with Crippen molar-refractivity contribution < 1.29 is 18.7 Å². The zero-order valence-corrected chi connectivity index (χ0v) is 15.6. The summed E-state index contributed by atoms with van der Waals surface area (Å²) in [5.41, 5.74) is 5.79. The van der Waals surface area contributed by atoms with E-state index in [4.69, 9.17) is 17.3 Å². The number of aromatic nitrogens is 4. The number of nitrogens with two attached hydrogens (primary N) is 1. The Morgan fingerprint density at radius 2 is 2.00 bits per heavy atom. The zero-order valence-electron chi connectivity index (χ0n) is 14.8. The number of carbonyl (C=O) groups is 1. The molecule has 152 valence electrons. The minimum atomic E-state index is -0.862. The fourth-order valence-electron chi connectivity index (χ4n) is 2.51. The van der Waals surface area contributed by atoms with Crippen molar-refractivity contribution in [2.75, 3.05) is 17.2 Å². The van der Waals surface area contributed by atoms with Gasteiger partial charge in [0.2, 0.25) is 11.9 Å². The molecule has 2 heterocycles. The second kappa shape index (κ2) is 8.80. The molecule has 0 saturated heterocycles. The van der Waals surface area contributed by atoms with Crippen LogP contribution in [0.1, 0.15) is 11.6 Å². The van der Waals surface area contributed by atoms with Gasteiger partial charge in [-0.2, -0.15) is 10.1 Å². The highest BCUT2D eigenvalue weighted by Gasteiger charge is 2.16. The molecule has 1 amide bonds. The van der Waals surface area contributed by atoms with E-state index in [0.29, 0.717) is 5.69 Å². The second-order valence-electron chi connectivity index (χ2n) is 5.99. The van der Waals surface area contributed by atoms with Crippen LogP contribution in [0.25, 0.3) is 0 Å². The molecule has 0 aliphatic rings. The number of aliphatic hydroxyl groups excluding tert-OH is 1. The number of rotatable bonds is 8. The van der Waals surface area contributed by atoms with Gasteiger partial charge in [-0.3, -0.25) is 9.48 Å². The van der Waals surface area contributed by atoms with Crippen LogP contribution >= 0.6 is 11.6 Å². The molecule has 9 nitrogen and oxygen atoms in total. The number of benzene rings is 1. The Hall–Kier alpha value is -3.31. The van der Waals surface area contributed by atoms with Crippen LogP contribution in [-0.4, -0.2) is 37.4 Å². The molecule has 2 aromatic heterocycles. The Kier molecular flexibility index (Phi) is 6.20. The third kappa shape index (κ3) is 5.36. The highest BCUT2D eigenvalue weighted by molar-refractivity contribution is 6.32. The number of aliphatic hydroxyl groups is 1. The third-order valence-electron chi connectivity index (χ3n) is 3.73. The second-order valence-corrected chi connectivity index (χ2v) is 6.40. The first-order valence-electron chi connectivity index (χ1n) is 8.27. The maximum absolute atomic E-state index is 13.5. The number of hydrogen-bond acceptors (Lipinski definition) is 7. The Labute approximate surface area is 168 Å². The molecule has 29 heavy (non-hydrogen) atoms. The summed E-state index contributed by atoms with van der Waals surface area (Å²) in [7, 11) is 0. The molecule has 0 aliphatic heterocycles. The molecule has 0 fully saturated rings. The summed E-state index contributed by atoms with van der Waals surface area (Å²) in [6.45, 7) is -0.551. The first-order valence-corrected chi connectivity index (χ1v) is 8.65. The topological polar surface area (TPSA) is 131 Å². The lowest BCUT2D eigenvalue weighted by Gasteiger charge is -2.18. The summed E-state index contributed by atoms with van der Waals surface area (Å²) in [4.78, 5) is 19.2. The summed E-state index contributed by atoms with van der Waals surface area (Å²) in [5, 5.41) is 19.4. The number of carbonyl (C=O) groups excluding carboxylic acids is 1. The summed E-state index contributed by atoms with van der Waals surface area (Å²) in [6, 6.07) is 2.06. The van der Waals surface area contributed by atoms with E-state index in [1.54, 1.807) is 0 Å². The van der Waals surface area contributed by atoms with Crippen LogP contribution in [0.3, 0.4) is 0 Å². The van der Waals surface area contributed by atoms with E-state index in [9.17, 15) is 18.7 Å². The van der Waals surface area contributed by atoms with Crippen molar-refractivity contribution in [3.8, 4) is 0 Å². The molecular weight excluding hydrogens is 408 g/mol. The van der Waals surface area contributed by atoms with Gasteiger partial charge in [0.1, 0.15) is 23.2 Å². The molecule has 0 saturated carbocycles. The maximum atomic E-state index is 13.5. The first kappa shape index (κ1) is 20.4. The van der Waals surface area contributed by atoms with Crippen molar-refractivity contribution >= 4 is 35.0 Å². The van der Waals surface area contributed by atoms with Crippen molar-refractivity contribution in [1.29, 1.82) is 0 Å². The van der Waals surface area contributed by atoms with Crippen LogP contribution in [0.4, 0.5) is 26.2 Å². The average Bonchev–Trinajstić information content (AvgIpc) is 3.07. The van der Waals surface area contributed by atoms with Crippen molar-refractivity contribution in [1.82, 2.24) is 19.7 Å². The third-order valence-corrected chi connectivity index (χ3v) is 4.01. The van der Waals surface area contributed by atoms with Gasteiger partial charge < -0.3 is 21.5 Å². The van der Waals surface area contributed by atoms with E-state index >= 15 is 0 Å². The number of halogens is 3. The molecule has 3 aromatic rings. The molecule has 0 aliphatic carbocycles. The van der Waals surface area contributed by atoms with Gasteiger partial charge in [-0.05, 0) is 17.7 Å². The molecule has 0 spiro atoms. The van der Waals surface area contributed by atoms with Crippen molar-refractivity contribution in [2.24, 2.45) is 5.73 Å². The van der Waals surface area contributed by atoms with E-state index in [-0.39, 0.29) is 28.9 Å². The standard InChI is InChI=1S/C17H16ClF2N7O2/c18-13-5-22-17(24-12-4-23-27(6-12)7-15(21)29)26-16(13)25-14(8-28)9-1-10(19)3-11(20)2-9/h1-6,14,28H,7-8H2,(H2,21,29)(H2,22,24,25,26)/t14-/m1/s1. The van der Waals surface area contributed by atoms with Gasteiger partial charge >= 0.3 is 0 Å². The molecule has 3 rings (SSSR count). The number of primary amides is 1. The van der Waals surface area contributed by atoms with Gasteiger partial charge in [0.05, 0.1) is 30.7 Å². The monoisotopic (exact) mass is 423 g/mol.